The van der Waals surface area contributed by atoms with Gasteiger partial charge in [-0.1, -0.05) is 0 Å². The second kappa shape index (κ2) is 8.43. The number of hydrogen-bond donors (Lipinski definition) is 1. The number of carbonyl (C=O) groups excluding carboxylic acids is 2. The van der Waals surface area contributed by atoms with Crippen molar-refractivity contribution in [1.29, 1.82) is 0 Å². The minimum Gasteiger partial charge on any atom is -0.352 e. The van der Waals surface area contributed by atoms with Gasteiger partial charge in [-0.15, -0.1) is 0 Å². The van der Waals surface area contributed by atoms with Gasteiger partial charge in [-0.05, 0) is 49.1 Å². The van der Waals surface area contributed by atoms with Gasteiger partial charge < -0.3 is 10.2 Å². The molecule has 122 valence electrons. The summed E-state index contributed by atoms with van der Waals surface area (Å²) >= 11 is 1.47. The van der Waals surface area contributed by atoms with Crippen LogP contribution in [0, 0.1) is 5.82 Å². The lowest BCUT2D eigenvalue weighted by Gasteiger charge is -2.21. The SMILES string of the molecule is CCN(C(=O)CCCNC(=O)c1ccsc1)c1ccc(F)cc1. The zero-order valence-corrected chi connectivity index (χ0v) is 13.7. The summed E-state index contributed by atoms with van der Waals surface area (Å²) in [5, 5.41) is 6.43. The first-order chi connectivity index (χ1) is 11.1. The summed E-state index contributed by atoms with van der Waals surface area (Å²) in [6.07, 6.45) is 0.890. The quantitative estimate of drug-likeness (QED) is 0.789. The predicted molar refractivity (Wildman–Crippen MR) is 90.3 cm³/mol. The number of rotatable bonds is 7. The Morgan fingerprint density at radius 2 is 1.96 bits per heavy atom. The highest BCUT2D eigenvalue weighted by molar-refractivity contribution is 7.08. The third-order valence-electron chi connectivity index (χ3n) is 3.39. The van der Waals surface area contributed by atoms with Crippen LogP contribution in [-0.4, -0.2) is 24.9 Å². The number of carbonyl (C=O) groups is 2. The van der Waals surface area contributed by atoms with Gasteiger partial charge in [-0.3, -0.25) is 9.59 Å². The highest BCUT2D eigenvalue weighted by atomic mass is 32.1. The Bertz CT molecular complexity index is 641. The first kappa shape index (κ1) is 17.1. The van der Waals surface area contributed by atoms with Gasteiger partial charge in [0.25, 0.3) is 5.91 Å². The van der Waals surface area contributed by atoms with Crippen molar-refractivity contribution in [1.82, 2.24) is 5.32 Å². The smallest absolute Gasteiger partial charge is 0.252 e. The summed E-state index contributed by atoms with van der Waals surface area (Å²) in [4.78, 5) is 25.6. The van der Waals surface area contributed by atoms with Crippen LogP contribution in [0.5, 0.6) is 0 Å². The average Bonchev–Trinajstić information content (AvgIpc) is 3.08. The zero-order chi connectivity index (χ0) is 16.7. The number of nitrogens with one attached hydrogen (secondary N) is 1. The van der Waals surface area contributed by atoms with Crippen LogP contribution in [-0.2, 0) is 4.79 Å². The summed E-state index contributed by atoms with van der Waals surface area (Å²) in [7, 11) is 0. The molecule has 2 amide bonds. The Labute approximate surface area is 138 Å². The molecule has 1 heterocycles. The molecule has 0 radical (unpaired) electrons. The van der Waals surface area contributed by atoms with Crippen molar-refractivity contribution in [3.05, 3.63) is 52.5 Å². The molecule has 1 aromatic heterocycles. The molecule has 1 aromatic carbocycles. The van der Waals surface area contributed by atoms with E-state index in [1.807, 2.05) is 12.3 Å². The van der Waals surface area contributed by atoms with Crippen molar-refractivity contribution < 1.29 is 14.0 Å². The first-order valence-electron chi connectivity index (χ1n) is 7.48. The Hall–Kier alpha value is -2.21. The number of amides is 2. The van der Waals surface area contributed by atoms with E-state index in [0.29, 0.717) is 37.2 Å². The molecule has 0 unspecified atom stereocenters. The van der Waals surface area contributed by atoms with Crippen molar-refractivity contribution in [3.63, 3.8) is 0 Å². The van der Waals surface area contributed by atoms with Gasteiger partial charge in [-0.25, -0.2) is 4.39 Å². The Morgan fingerprint density at radius 3 is 2.57 bits per heavy atom. The minimum absolute atomic E-state index is 0.0381. The summed E-state index contributed by atoms with van der Waals surface area (Å²) < 4.78 is 13.0. The van der Waals surface area contributed by atoms with Gasteiger partial charge in [0.05, 0.1) is 0 Å². The number of hydrogen-bond acceptors (Lipinski definition) is 3. The summed E-state index contributed by atoms with van der Waals surface area (Å²) in [5.74, 6) is -0.484. The molecule has 6 heteroatoms. The van der Waals surface area contributed by atoms with Crippen molar-refractivity contribution in [2.45, 2.75) is 19.8 Å². The summed E-state index contributed by atoms with van der Waals surface area (Å²) in [5.41, 5.74) is 1.32. The molecule has 0 atom stereocenters. The van der Waals surface area contributed by atoms with Crippen LogP contribution in [0.1, 0.15) is 30.1 Å². The molecule has 23 heavy (non-hydrogen) atoms. The maximum atomic E-state index is 13.0. The number of nitrogens with zero attached hydrogens (tertiary/aromatic N) is 1. The van der Waals surface area contributed by atoms with Crippen molar-refractivity contribution >= 4 is 28.8 Å². The van der Waals surface area contributed by atoms with E-state index in [4.69, 9.17) is 0 Å². The molecule has 0 aliphatic rings. The van der Waals surface area contributed by atoms with Gasteiger partial charge in [-0.2, -0.15) is 11.3 Å². The molecule has 2 rings (SSSR count). The van der Waals surface area contributed by atoms with Gasteiger partial charge >= 0.3 is 0 Å². The molecule has 0 saturated carbocycles. The lowest BCUT2D eigenvalue weighted by molar-refractivity contribution is -0.118. The van der Waals surface area contributed by atoms with Crippen molar-refractivity contribution in [2.24, 2.45) is 0 Å². The molecule has 0 fully saturated rings. The van der Waals surface area contributed by atoms with Gasteiger partial charge in [0.15, 0.2) is 0 Å². The molecule has 4 nitrogen and oxygen atoms in total. The van der Waals surface area contributed by atoms with E-state index in [0.717, 1.165) is 0 Å². The molecule has 2 aromatic rings. The van der Waals surface area contributed by atoms with Crippen LogP contribution in [0.15, 0.2) is 41.1 Å². The third-order valence-corrected chi connectivity index (χ3v) is 4.08. The third kappa shape index (κ3) is 4.89. The summed E-state index contributed by atoms with van der Waals surface area (Å²) in [6, 6.07) is 7.63. The Kier molecular flexibility index (Phi) is 6.29. The van der Waals surface area contributed by atoms with Crippen LogP contribution in [0.2, 0.25) is 0 Å². The van der Waals surface area contributed by atoms with Crippen molar-refractivity contribution in [3.8, 4) is 0 Å². The Balaban J connectivity index is 1.79. The Morgan fingerprint density at radius 1 is 1.22 bits per heavy atom. The number of thiophene rings is 1. The minimum atomic E-state index is -0.326. The van der Waals surface area contributed by atoms with Crippen LogP contribution >= 0.6 is 11.3 Å². The van der Waals surface area contributed by atoms with Crippen LogP contribution in [0.25, 0.3) is 0 Å². The van der Waals surface area contributed by atoms with E-state index in [1.54, 1.807) is 28.5 Å². The highest BCUT2D eigenvalue weighted by Gasteiger charge is 2.13. The first-order valence-corrected chi connectivity index (χ1v) is 8.42. The molecule has 0 aliphatic carbocycles. The fourth-order valence-corrected chi connectivity index (χ4v) is 2.83. The summed E-state index contributed by atoms with van der Waals surface area (Å²) in [6.45, 7) is 2.84. The van der Waals surface area contributed by atoms with Gasteiger partial charge in [0, 0.05) is 36.1 Å². The fourth-order valence-electron chi connectivity index (χ4n) is 2.20. The molecule has 0 bridgehead atoms. The fraction of sp³-hybridized carbons (Fsp3) is 0.294. The average molecular weight is 334 g/mol. The lowest BCUT2D eigenvalue weighted by Crippen LogP contribution is -2.31. The second-order valence-electron chi connectivity index (χ2n) is 4.99. The van der Waals surface area contributed by atoms with E-state index in [9.17, 15) is 14.0 Å². The standard InChI is InChI=1S/C17H19FN2O2S/c1-2-20(15-7-5-14(18)6-8-15)16(21)4-3-10-19-17(22)13-9-11-23-12-13/h5-9,11-12H,2-4,10H2,1H3,(H,19,22). The predicted octanol–water partition coefficient (Wildman–Crippen LogP) is 3.45. The van der Waals surface area contributed by atoms with E-state index in [-0.39, 0.29) is 17.6 Å². The van der Waals surface area contributed by atoms with Crippen LogP contribution in [0.4, 0.5) is 10.1 Å². The van der Waals surface area contributed by atoms with Crippen LogP contribution < -0.4 is 10.2 Å². The van der Waals surface area contributed by atoms with E-state index >= 15 is 0 Å². The maximum Gasteiger partial charge on any atom is 0.252 e. The lowest BCUT2D eigenvalue weighted by atomic mass is 10.2. The topological polar surface area (TPSA) is 49.4 Å². The molecule has 1 N–H and O–H groups in total. The van der Waals surface area contributed by atoms with Crippen molar-refractivity contribution in [2.75, 3.05) is 18.0 Å². The molecule has 0 aliphatic heterocycles. The molecular formula is C17H19FN2O2S. The molecular weight excluding hydrogens is 315 g/mol. The largest absolute Gasteiger partial charge is 0.352 e. The van der Waals surface area contributed by atoms with Crippen LogP contribution in [0.3, 0.4) is 0 Å². The number of benzene rings is 1. The monoisotopic (exact) mass is 334 g/mol. The zero-order valence-electron chi connectivity index (χ0n) is 12.9. The highest BCUT2D eigenvalue weighted by Crippen LogP contribution is 2.16. The molecule has 0 spiro atoms. The maximum absolute atomic E-state index is 13.0. The van der Waals surface area contributed by atoms with Gasteiger partial charge in [0.2, 0.25) is 5.91 Å². The number of halogens is 1. The second-order valence-corrected chi connectivity index (χ2v) is 5.77. The molecule has 0 saturated heterocycles. The number of anilines is 1. The van der Waals surface area contributed by atoms with E-state index < -0.39 is 0 Å². The van der Waals surface area contributed by atoms with E-state index in [1.165, 1.54) is 23.5 Å². The normalized spacial score (nSPS) is 10.3. The van der Waals surface area contributed by atoms with E-state index in [2.05, 4.69) is 5.32 Å². The van der Waals surface area contributed by atoms with Gasteiger partial charge in [0.1, 0.15) is 5.82 Å².